The van der Waals surface area contributed by atoms with E-state index >= 15 is 0 Å². The van der Waals surface area contributed by atoms with E-state index in [2.05, 4.69) is 5.32 Å². The Morgan fingerprint density at radius 3 is 2.37 bits per heavy atom. The molecule has 0 aliphatic heterocycles. The highest BCUT2D eigenvalue weighted by Gasteiger charge is 2.34. The maximum atomic E-state index is 11.7. The van der Waals surface area contributed by atoms with Gasteiger partial charge in [-0.25, -0.2) is 0 Å². The second-order valence-electron chi connectivity index (χ2n) is 5.49. The number of aliphatic hydroxyl groups excluding tert-OH is 1. The number of aliphatic hydroxyl groups is 1. The lowest BCUT2D eigenvalue weighted by Gasteiger charge is -2.34. The number of nitrogens with two attached hydrogens (primary N) is 1. The number of carbonyl (C=O) groups excluding carboxylic acids is 1. The molecule has 2 atom stereocenters. The summed E-state index contributed by atoms with van der Waals surface area (Å²) in [6, 6.07) is 8.81. The van der Waals surface area contributed by atoms with E-state index in [1.165, 1.54) is 0 Å². The van der Waals surface area contributed by atoms with Gasteiger partial charge in [0, 0.05) is 0 Å². The molecule has 19 heavy (non-hydrogen) atoms. The topological polar surface area (TPSA) is 75.3 Å². The lowest BCUT2D eigenvalue weighted by molar-refractivity contribution is -0.123. The van der Waals surface area contributed by atoms with Gasteiger partial charge in [0.2, 0.25) is 5.91 Å². The van der Waals surface area contributed by atoms with E-state index in [9.17, 15) is 9.90 Å². The molecule has 0 spiro atoms. The first-order chi connectivity index (χ1) is 8.92. The Labute approximate surface area is 115 Å². The first-order valence-corrected chi connectivity index (χ1v) is 6.63. The van der Waals surface area contributed by atoms with Crippen molar-refractivity contribution in [3.8, 4) is 0 Å². The molecule has 0 fully saturated rings. The normalized spacial score (nSPS) is 14.9. The number of benzene rings is 1. The van der Waals surface area contributed by atoms with E-state index in [1.807, 2.05) is 51.1 Å². The van der Waals surface area contributed by atoms with Crippen LogP contribution in [0.15, 0.2) is 30.3 Å². The second-order valence-corrected chi connectivity index (χ2v) is 5.49. The van der Waals surface area contributed by atoms with Gasteiger partial charge in [-0.3, -0.25) is 10.1 Å². The van der Waals surface area contributed by atoms with E-state index in [0.717, 1.165) is 12.0 Å². The number of rotatable bonds is 7. The summed E-state index contributed by atoms with van der Waals surface area (Å²) in [5, 5.41) is 12.7. The summed E-state index contributed by atoms with van der Waals surface area (Å²) in [5.74, 6) is -0.388. The number of amides is 1. The lowest BCUT2D eigenvalue weighted by atomic mass is 9.81. The predicted molar refractivity (Wildman–Crippen MR) is 76.5 cm³/mol. The third-order valence-corrected chi connectivity index (χ3v) is 3.73. The van der Waals surface area contributed by atoms with E-state index in [4.69, 9.17) is 5.73 Å². The number of carbonyl (C=O) groups is 1. The minimum Gasteiger partial charge on any atom is -0.394 e. The van der Waals surface area contributed by atoms with Gasteiger partial charge in [0.25, 0.3) is 0 Å². The summed E-state index contributed by atoms with van der Waals surface area (Å²) in [4.78, 5) is 11.7. The lowest BCUT2D eigenvalue weighted by Crippen LogP contribution is -2.52. The quantitative estimate of drug-likeness (QED) is 0.700. The molecule has 1 amide bonds. The molecule has 1 aromatic rings. The monoisotopic (exact) mass is 264 g/mol. The van der Waals surface area contributed by atoms with Crippen LogP contribution in [0.4, 0.5) is 0 Å². The van der Waals surface area contributed by atoms with E-state index < -0.39 is 6.04 Å². The van der Waals surface area contributed by atoms with E-state index in [0.29, 0.717) is 0 Å². The van der Waals surface area contributed by atoms with Crippen LogP contribution in [0.5, 0.6) is 0 Å². The first-order valence-electron chi connectivity index (χ1n) is 6.63. The molecule has 0 aliphatic carbocycles. The first kappa shape index (κ1) is 15.7. The van der Waals surface area contributed by atoms with Gasteiger partial charge in [-0.1, -0.05) is 51.1 Å². The van der Waals surface area contributed by atoms with Gasteiger partial charge in [0.1, 0.15) is 0 Å². The van der Waals surface area contributed by atoms with Crippen LogP contribution < -0.4 is 11.1 Å². The maximum absolute atomic E-state index is 11.7. The predicted octanol–water partition coefficient (Wildman–Crippen LogP) is 1.60. The summed E-state index contributed by atoms with van der Waals surface area (Å²) in [5.41, 5.74) is 6.19. The molecule has 0 aromatic heterocycles. The highest BCUT2D eigenvalue weighted by molar-refractivity contribution is 5.80. The fraction of sp³-hybridized carbons (Fsp3) is 0.533. The molecule has 0 radical (unpaired) electrons. The van der Waals surface area contributed by atoms with Gasteiger partial charge >= 0.3 is 0 Å². The Kier molecular flexibility index (Phi) is 5.51. The molecular weight excluding hydrogens is 240 g/mol. The van der Waals surface area contributed by atoms with Crippen molar-refractivity contribution in [1.29, 1.82) is 0 Å². The van der Waals surface area contributed by atoms with Crippen LogP contribution in [0, 0.1) is 5.41 Å². The van der Waals surface area contributed by atoms with Crippen LogP contribution in [-0.2, 0) is 4.79 Å². The largest absolute Gasteiger partial charge is 0.394 e. The van der Waals surface area contributed by atoms with Crippen LogP contribution in [-0.4, -0.2) is 23.7 Å². The van der Waals surface area contributed by atoms with Crippen molar-refractivity contribution in [1.82, 2.24) is 5.32 Å². The molecule has 0 saturated carbocycles. The summed E-state index contributed by atoms with van der Waals surface area (Å²) in [6.45, 7) is 5.94. The summed E-state index contributed by atoms with van der Waals surface area (Å²) >= 11 is 0. The summed E-state index contributed by atoms with van der Waals surface area (Å²) in [6.07, 6.45) is 0.820. The highest BCUT2D eigenvalue weighted by atomic mass is 16.3. The Balaban J connectivity index is 2.92. The Bertz CT molecular complexity index is 404. The van der Waals surface area contributed by atoms with Crippen LogP contribution >= 0.6 is 0 Å². The second kappa shape index (κ2) is 6.68. The molecule has 4 heteroatoms. The smallest absolute Gasteiger partial charge is 0.235 e. The van der Waals surface area contributed by atoms with Crippen molar-refractivity contribution in [3.05, 3.63) is 35.9 Å². The van der Waals surface area contributed by atoms with E-state index in [-0.39, 0.29) is 24.0 Å². The Morgan fingerprint density at radius 1 is 1.37 bits per heavy atom. The molecule has 0 aliphatic rings. The zero-order chi connectivity index (χ0) is 14.5. The molecule has 0 saturated heterocycles. The number of hydrogen-bond acceptors (Lipinski definition) is 3. The van der Waals surface area contributed by atoms with Crippen molar-refractivity contribution in [2.75, 3.05) is 6.61 Å². The van der Waals surface area contributed by atoms with Gasteiger partial charge in [0.15, 0.2) is 0 Å². The van der Waals surface area contributed by atoms with Crippen LogP contribution in [0.3, 0.4) is 0 Å². The van der Waals surface area contributed by atoms with Gasteiger partial charge in [-0.05, 0) is 17.4 Å². The zero-order valence-electron chi connectivity index (χ0n) is 11.9. The minimum atomic E-state index is -0.477. The van der Waals surface area contributed by atoms with Crippen molar-refractivity contribution < 1.29 is 9.90 Å². The highest BCUT2D eigenvalue weighted by Crippen LogP contribution is 2.27. The number of nitrogens with one attached hydrogen (secondary N) is 1. The van der Waals surface area contributed by atoms with Gasteiger partial charge in [-0.2, -0.15) is 0 Å². The van der Waals surface area contributed by atoms with Crippen molar-refractivity contribution in [2.45, 2.75) is 39.3 Å². The third-order valence-electron chi connectivity index (χ3n) is 3.73. The van der Waals surface area contributed by atoms with Crippen LogP contribution in [0.1, 0.15) is 38.8 Å². The molecule has 4 N–H and O–H groups in total. The van der Waals surface area contributed by atoms with Crippen LogP contribution in [0.2, 0.25) is 0 Å². The molecule has 0 heterocycles. The molecule has 1 aromatic carbocycles. The fourth-order valence-corrected chi connectivity index (χ4v) is 2.04. The van der Waals surface area contributed by atoms with Gasteiger partial charge in [0.05, 0.1) is 18.7 Å². The average molecular weight is 264 g/mol. The van der Waals surface area contributed by atoms with Crippen molar-refractivity contribution in [2.24, 2.45) is 11.1 Å². The molecule has 106 valence electrons. The Morgan fingerprint density at radius 2 is 1.95 bits per heavy atom. The SMILES string of the molecule is CCC(C)(C)[C@H](N[C@@H](CO)c1ccccc1)C(N)=O. The van der Waals surface area contributed by atoms with Gasteiger partial charge < -0.3 is 10.8 Å². The molecule has 0 unspecified atom stereocenters. The number of hydrogen-bond donors (Lipinski definition) is 3. The minimum absolute atomic E-state index is 0.0758. The zero-order valence-corrected chi connectivity index (χ0v) is 11.9. The molecule has 0 bridgehead atoms. The Hall–Kier alpha value is -1.39. The standard InChI is InChI=1S/C15H24N2O2/c1-4-15(2,3)13(14(16)19)17-12(10-18)11-8-6-5-7-9-11/h5-9,12-13,17-18H,4,10H2,1-3H3,(H2,16,19)/t12-,13+/m0/s1. The number of primary amides is 1. The van der Waals surface area contributed by atoms with Gasteiger partial charge in [-0.15, -0.1) is 0 Å². The average Bonchev–Trinajstić information content (AvgIpc) is 2.40. The van der Waals surface area contributed by atoms with Crippen LogP contribution in [0.25, 0.3) is 0 Å². The summed E-state index contributed by atoms with van der Waals surface area (Å²) < 4.78 is 0. The fourth-order valence-electron chi connectivity index (χ4n) is 2.04. The molecule has 1 rings (SSSR count). The molecule has 4 nitrogen and oxygen atoms in total. The van der Waals surface area contributed by atoms with Crippen molar-refractivity contribution in [3.63, 3.8) is 0 Å². The maximum Gasteiger partial charge on any atom is 0.235 e. The summed E-state index contributed by atoms with van der Waals surface area (Å²) in [7, 11) is 0. The molecular formula is C15H24N2O2. The third kappa shape index (κ3) is 4.04. The van der Waals surface area contributed by atoms with E-state index in [1.54, 1.807) is 0 Å². The van der Waals surface area contributed by atoms with Crippen molar-refractivity contribution >= 4 is 5.91 Å².